The van der Waals surface area contributed by atoms with Gasteiger partial charge in [-0.3, -0.25) is 0 Å². The molecule has 0 aliphatic rings. The van der Waals surface area contributed by atoms with Crippen molar-refractivity contribution in [1.82, 2.24) is 0 Å². The van der Waals surface area contributed by atoms with Crippen LogP contribution in [0.25, 0.3) is 0 Å². The van der Waals surface area contributed by atoms with E-state index in [0.29, 0.717) is 0 Å². The second kappa shape index (κ2) is 5.18. The first-order chi connectivity index (χ1) is 5.07. The van der Waals surface area contributed by atoms with Gasteiger partial charge in [0, 0.05) is 0 Å². The molecule has 0 aromatic heterocycles. The van der Waals surface area contributed by atoms with Crippen molar-refractivity contribution >= 4 is 19.8 Å². The molecule has 0 aromatic rings. The van der Waals surface area contributed by atoms with Crippen LogP contribution in [0, 0.1) is 0 Å². The minimum atomic E-state index is -2.13. The van der Waals surface area contributed by atoms with Gasteiger partial charge in [0.1, 0.15) is 0 Å². The van der Waals surface area contributed by atoms with Crippen molar-refractivity contribution in [2.45, 2.75) is 18.3 Å². The fourth-order valence-corrected chi connectivity index (χ4v) is 2.37. The van der Waals surface area contributed by atoms with Gasteiger partial charge in [-0.15, -0.1) is 0 Å². The normalized spacial score (nSPS) is 16.5. The number of carboxylic acid groups (broad SMARTS) is 1. The Bertz CT molecular complexity index is 190. The van der Waals surface area contributed by atoms with Crippen molar-refractivity contribution < 1.29 is 13.7 Å². The molecule has 0 aliphatic carbocycles. The van der Waals surface area contributed by atoms with Crippen LogP contribution >= 0.6 is 0 Å². The van der Waals surface area contributed by atoms with Crippen molar-refractivity contribution in [2.24, 2.45) is 5.73 Å². The molecule has 0 fully saturated rings. The second-order valence-corrected chi connectivity index (χ2v) is 4.83. The van der Waals surface area contributed by atoms with E-state index in [1.54, 1.807) is 13.0 Å². The molecule has 2 atom stereocenters. The van der Waals surface area contributed by atoms with Gasteiger partial charge in [-0.25, -0.2) is 0 Å². The fourth-order valence-electron chi connectivity index (χ4n) is 0.456. The van der Waals surface area contributed by atoms with Gasteiger partial charge in [0.15, 0.2) is 0 Å². The molecule has 0 saturated heterocycles. The Labute approximate surface area is 69.2 Å². The van der Waals surface area contributed by atoms with Gasteiger partial charge in [-0.1, -0.05) is 0 Å². The molecular formula is C6H11NO3Se. The summed E-state index contributed by atoms with van der Waals surface area (Å²) in [7, 11) is 0. The van der Waals surface area contributed by atoms with Crippen molar-refractivity contribution in [3.63, 3.8) is 0 Å². The van der Waals surface area contributed by atoms with E-state index in [1.807, 2.05) is 0 Å². The minimum absolute atomic E-state index is 0.0691. The first-order valence-electron chi connectivity index (χ1n) is 3.06. The molecule has 0 bridgehead atoms. The number of hydrogen-bond donors (Lipinski definition) is 2. The van der Waals surface area contributed by atoms with Gasteiger partial charge in [0.05, 0.1) is 0 Å². The molecule has 0 radical (unpaired) electrons. The van der Waals surface area contributed by atoms with E-state index in [2.05, 4.69) is 0 Å². The van der Waals surface area contributed by atoms with Crippen LogP contribution in [0.15, 0.2) is 11.1 Å². The third-order valence-corrected chi connectivity index (χ3v) is 3.60. The van der Waals surface area contributed by atoms with Crippen LogP contribution in [0.3, 0.4) is 0 Å². The summed E-state index contributed by atoms with van der Waals surface area (Å²) < 4.78 is 10.9. The molecule has 1 unspecified atom stereocenters. The van der Waals surface area contributed by atoms with Crippen LogP contribution in [0.2, 0.25) is 5.32 Å². The number of carboxylic acids is 1. The fraction of sp³-hybridized carbons (Fsp3) is 0.500. The first kappa shape index (κ1) is 10.5. The van der Waals surface area contributed by atoms with E-state index >= 15 is 0 Å². The zero-order chi connectivity index (χ0) is 8.85. The van der Waals surface area contributed by atoms with Gasteiger partial charge < -0.3 is 0 Å². The molecule has 0 heterocycles. The van der Waals surface area contributed by atoms with Gasteiger partial charge in [0.25, 0.3) is 0 Å². The summed E-state index contributed by atoms with van der Waals surface area (Å²) in [4.78, 5) is 11.7. The van der Waals surface area contributed by atoms with E-state index in [0.717, 1.165) is 0 Å². The third-order valence-electron chi connectivity index (χ3n) is 0.949. The average molecular weight is 224 g/mol. The Balaban J connectivity index is 3.85. The van der Waals surface area contributed by atoms with Crippen LogP contribution in [-0.4, -0.2) is 31.0 Å². The van der Waals surface area contributed by atoms with E-state index in [1.165, 1.54) is 4.97 Å². The van der Waals surface area contributed by atoms with Crippen LogP contribution in [0.4, 0.5) is 0 Å². The number of aliphatic carboxylic acids is 1. The molecule has 5 heteroatoms. The summed E-state index contributed by atoms with van der Waals surface area (Å²) in [6, 6.07) is -0.992. The molecule has 64 valence electrons. The Morgan fingerprint density at radius 3 is 2.73 bits per heavy atom. The summed E-state index contributed by atoms with van der Waals surface area (Å²) in [6.07, 6.45) is 1.65. The molecule has 4 nitrogen and oxygen atoms in total. The van der Waals surface area contributed by atoms with Gasteiger partial charge >= 0.3 is 68.6 Å². The maximum atomic E-state index is 10.9. The Hall–Kier alpha value is -0.511. The second-order valence-electron chi connectivity index (χ2n) is 1.96. The predicted molar refractivity (Wildman–Crippen MR) is 41.7 cm³/mol. The van der Waals surface area contributed by atoms with E-state index in [-0.39, 0.29) is 5.32 Å². The Kier molecular flexibility index (Phi) is 4.94. The number of rotatable bonds is 4. The van der Waals surface area contributed by atoms with Crippen LogP contribution in [-0.2, 0) is 8.63 Å². The van der Waals surface area contributed by atoms with Gasteiger partial charge in [-0.05, 0) is 0 Å². The molecule has 11 heavy (non-hydrogen) atoms. The summed E-state index contributed by atoms with van der Waals surface area (Å²) in [5.74, 6) is -1.10. The van der Waals surface area contributed by atoms with E-state index in [9.17, 15) is 8.63 Å². The first-order valence-corrected chi connectivity index (χ1v) is 5.96. The molecule has 0 aromatic carbocycles. The standard InChI is InChI=1S/C6H11NO3Se/c1-2-3-11(10)4-5(7)6(8)9/h2-3,5H,4,7H2,1H3,(H,8,9)/t5-,11?/m0/s1. The maximum absolute atomic E-state index is 10.9. The molecule has 3 N–H and O–H groups in total. The number of carbonyl (C=O) groups is 1. The van der Waals surface area contributed by atoms with E-state index in [4.69, 9.17) is 10.8 Å². The van der Waals surface area contributed by atoms with Crippen molar-refractivity contribution in [1.29, 1.82) is 0 Å². The SMILES string of the molecule is CC=C[Se](=O)C[C@H](N)C(=O)O. The summed E-state index contributed by atoms with van der Waals surface area (Å²) in [5.41, 5.74) is 5.15. The molecule has 0 amide bonds. The molecular weight excluding hydrogens is 213 g/mol. The summed E-state index contributed by atoms with van der Waals surface area (Å²) >= 11 is -2.13. The van der Waals surface area contributed by atoms with E-state index < -0.39 is 25.8 Å². The van der Waals surface area contributed by atoms with Gasteiger partial charge in [-0.2, -0.15) is 0 Å². The van der Waals surface area contributed by atoms with Gasteiger partial charge in [0.2, 0.25) is 0 Å². The quantitative estimate of drug-likeness (QED) is 0.655. The van der Waals surface area contributed by atoms with Crippen LogP contribution < -0.4 is 5.73 Å². The van der Waals surface area contributed by atoms with Crippen LogP contribution in [0.1, 0.15) is 6.92 Å². The number of allylic oxidation sites excluding steroid dienone is 1. The van der Waals surface area contributed by atoms with Crippen molar-refractivity contribution in [3.8, 4) is 0 Å². The predicted octanol–water partition coefficient (Wildman–Crippen LogP) is -0.0644. The zero-order valence-electron chi connectivity index (χ0n) is 6.19. The molecule has 0 rings (SSSR count). The molecule has 0 spiro atoms. The van der Waals surface area contributed by atoms with Crippen molar-refractivity contribution in [2.75, 3.05) is 0 Å². The molecule has 0 saturated carbocycles. The topological polar surface area (TPSA) is 80.4 Å². The Morgan fingerprint density at radius 2 is 2.36 bits per heavy atom. The molecule has 0 aliphatic heterocycles. The number of hydrogen-bond acceptors (Lipinski definition) is 3. The zero-order valence-corrected chi connectivity index (χ0v) is 7.90. The summed E-state index contributed by atoms with van der Waals surface area (Å²) in [5, 5.41) is 8.40. The average Bonchev–Trinajstić information content (AvgIpc) is 1.87. The summed E-state index contributed by atoms with van der Waals surface area (Å²) in [6.45, 7) is 1.74. The Morgan fingerprint density at radius 1 is 1.82 bits per heavy atom. The monoisotopic (exact) mass is 225 g/mol. The van der Waals surface area contributed by atoms with Crippen LogP contribution in [0.5, 0.6) is 0 Å². The number of nitrogens with two attached hydrogens (primary N) is 1. The third kappa shape index (κ3) is 4.84. The van der Waals surface area contributed by atoms with Crippen molar-refractivity contribution in [3.05, 3.63) is 11.1 Å².